The van der Waals surface area contributed by atoms with Gasteiger partial charge < -0.3 is 25.7 Å². The van der Waals surface area contributed by atoms with Crippen molar-refractivity contribution in [1.29, 1.82) is 0 Å². The number of ether oxygens (including phenoxy) is 3. The molecular weight excluding hydrogens is 544 g/mol. The Kier molecular flexibility index (Phi) is 10.7. The van der Waals surface area contributed by atoms with Gasteiger partial charge in [-0.1, -0.05) is 38.3 Å². The second-order valence-electron chi connectivity index (χ2n) is 9.09. The van der Waals surface area contributed by atoms with Gasteiger partial charge in [0.1, 0.15) is 11.5 Å². The fraction of sp³-hybridized carbons (Fsp3) is 0.267. The maximum absolute atomic E-state index is 13.1. The van der Waals surface area contributed by atoms with Crippen LogP contribution in [0.15, 0.2) is 66.7 Å². The van der Waals surface area contributed by atoms with Gasteiger partial charge in [-0.25, -0.2) is 9.59 Å². The maximum atomic E-state index is 13.1. The molecule has 0 aliphatic rings. The van der Waals surface area contributed by atoms with Crippen molar-refractivity contribution < 1.29 is 41.4 Å². The van der Waals surface area contributed by atoms with Crippen LogP contribution in [-0.4, -0.2) is 31.1 Å². The summed E-state index contributed by atoms with van der Waals surface area (Å²) in [5.74, 6) is -1.74. The summed E-state index contributed by atoms with van der Waals surface area (Å²) in [4.78, 5) is 25.4. The molecule has 3 aromatic carbocycles. The van der Waals surface area contributed by atoms with E-state index < -0.39 is 30.2 Å². The molecule has 0 bridgehead atoms. The number of alkyl halides is 4. The Balaban J connectivity index is 1.73. The van der Waals surface area contributed by atoms with E-state index in [9.17, 15) is 27.2 Å². The van der Waals surface area contributed by atoms with Crippen molar-refractivity contribution in [2.24, 2.45) is 0 Å². The molecule has 4 N–H and O–H groups in total. The number of nitrogens with two attached hydrogens (primary N) is 2. The van der Waals surface area contributed by atoms with Crippen molar-refractivity contribution >= 4 is 35.0 Å². The van der Waals surface area contributed by atoms with Crippen molar-refractivity contribution in [2.75, 3.05) is 18.1 Å². The Morgan fingerprint density at radius 1 is 0.854 bits per heavy atom. The predicted octanol–water partition coefficient (Wildman–Crippen LogP) is 6.97. The van der Waals surface area contributed by atoms with E-state index in [1.165, 1.54) is 12.1 Å². The average molecular weight is 575 g/mol. The number of halogens is 4. The van der Waals surface area contributed by atoms with Crippen molar-refractivity contribution in [3.63, 3.8) is 0 Å². The molecule has 3 aromatic rings. The first-order valence-electron chi connectivity index (χ1n) is 12.8. The number of carbonyl (C=O) groups excluding carboxylic acids is 2. The molecule has 0 amide bonds. The molecule has 0 heterocycles. The zero-order valence-electron chi connectivity index (χ0n) is 22.2. The molecule has 218 valence electrons. The van der Waals surface area contributed by atoms with Crippen LogP contribution in [0.1, 0.15) is 54.1 Å². The Labute approximate surface area is 234 Å². The fourth-order valence-corrected chi connectivity index (χ4v) is 3.69. The third kappa shape index (κ3) is 9.26. The van der Waals surface area contributed by atoms with Gasteiger partial charge in [0, 0.05) is 11.4 Å². The molecule has 0 saturated heterocycles. The number of hydrogen-bond acceptors (Lipinski definition) is 7. The lowest BCUT2D eigenvalue weighted by molar-refractivity contribution is -0.253. The highest BCUT2D eigenvalue weighted by Crippen LogP contribution is 2.28. The molecule has 0 saturated carbocycles. The number of nitrogen functional groups attached to an aromatic ring is 2. The standard InChI is InChI=1S/C30H30F4N2O5/c1-2-3-4-5-14-39-28(38)26(21-16-22(35)18-23(36)17-21)15-19-6-10-24(11-7-19)40-27(37)20-8-12-25(13-9-20)41-30(33,34)29(31)32/h6-13,15-18,29H,2-5,14,35-36H2,1H3. The van der Waals surface area contributed by atoms with Gasteiger partial charge in [-0.3, -0.25) is 0 Å². The smallest absolute Gasteiger partial charge is 0.461 e. The van der Waals surface area contributed by atoms with Crippen LogP contribution in [0.2, 0.25) is 0 Å². The van der Waals surface area contributed by atoms with E-state index in [0.29, 0.717) is 22.5 Å². The minimum Gasteiger partial charge on any atom is -0.462 e. The number of unbranched alkanes of at least 4 members (excludes halogenated alkanes) is 3. The molecule has 3 rings (SSSR count). The van der Waals surface area contributed by atoms with Crippen LogP contribution in [0.5, 0.6) is 11.5 Å². The molecule has 0 fully saturated rings. The van der Waals surface area contributed by atoms with E-state index >= 15 is 0 Å². The van der Waals surface area contributed by atoms with Gasteiger partial charge in [0.25, 0.3) is 0 Å². The van der Waals surface area contributed by atoms with E-state index in [2.05, 4.69) is 11.7 Å². The lowest BCUT2D eigenvalue weighted by atomic mass is 10.0. The van der Waals surface area contributed by atoms with Gasteiger partial charge in [-0.15, -0.1) is 0 Å². The average Bonchev–Trinajstić information content (AvgIpc) is 2.92. The van der Waals surface area contributed by atoms with Crippen LogP contribution in [-0.2, 0) is 9.53 Å². The van der Waals surface area contributed by atoms with E-state index in [0.717, 1.165) is 49.9 Å². The third-order valence-corrected chi connectivity index (χ3v) is 5.74. The number of hydrogen-bond donors (Lipinski definition) is 2. The lowest BCUT2D eigenvalue weighted by Gasteiger charge is -2.16. The minimum atomic E-state index is -4.66. The minimum absolute atomic E-state index is 0.0232. The second-order valence-corrected chi connectivity index (χ2v) is 9.09. The van der Waals surface area contributed by atoms with Crippen LogP contribution in [0.25, 0.3) is 11.6 Å². The van der Waals surface area contributed by atoms with E-state index in [1.807, 2.05) is 0 Å². The van der Waals surface area contributed by atoms with Crippen molar-refractivity contribution in [3.05, 3.63) is 83.4 Å². The van der Waals surface area contributed by atoms with Crippen LogP contribution >= 0.6 is 0 Å². The summed E-state index contributed by atoms with van der Waals surface area (Å²) in [6.07, 6.45) is -3.29. The summed E-state index contributed by atoms with van der Waals surface area (Å²) in [6.45, 7) is 2.36. The van der Waals surface area contributed by atoms with Crippen LogP contribution < -0.4 is 20.9 Å². The largest absolute Gasteiger partial charge is 0.462 e. The molecule has 11 heteroatoms. The second kappa shape index (κ2) is 14.2. The molecule has 0 aliphatic heterocycles. The molecule has 0 spiro atoms. The van der Waals surface area contributed by atoms with Crippen LogP contribution in [0.4, 0.5) is 28.9 Å². The van der Waals surface area contributed by atoms with Crippen LogP contribution in [0, 0.1) is 0 Å². The lowest BCUT2D eigenvalue weighted by Crippen LogP contribution is -2.33. The zero-order valence-corrected chi connectivity index (χ0v) is 22.2. The number of esters is 2. The van der Waals surface area contributed by atoms with Gasteiger partial charge in [0.05, 0.1) is 17.7 Å². The first-order valence-corrected chi connectivity index (χ1v) is 12.8. The molecule has 0 radical (unpaired) electrons. The number of carbonyl (C=O) groups is 2. The van der Waals surface area contributed by atoms with E-state index in [4.69, 9.17) is 20.9 Å². The first-order chi connectivity index (χ1) is 19.5. The monoisotopic (exact) mass is 574 g/mol. The molecule has 7 nitrogen and oxygen atoms in total. The summed E-state index contributed by atoms with van der Waals surface area (Å²) >= 11 is 0. The van der Waals surface area contributed by atoms with Crippen LogP contribution in [0.3, 0.4) is 0 Å². The van der Waals surface area contributed by atoms with E-state index in [-0.39, 0.29) is 23.5 Å². The van der Waals surface area contributed by atoms with Gasteiger partial charge in [0.15, 0.2) is 0 Å². The molecular formula is C30H30F4N2O5. The number of anilines is 2. The van der Waals surface area contributed by atoms with Crippen molar-refractivity contribution in [2.45, 2.75) is 45.1 Å². The molecule has 0 aliphatic carbocycles. The fourth-order valence-electron chi connectivity index (χ4n) is 3.69. The summed E-state index contributed by atoms with van der Waals surface area (Å²) in [5.41, 5.74) is 13.9. The molecule has 0 unspecified atom stereocenters. The zero-order chi connectivity index (χ0) is 30.0. The normalized spacial score (nSPS) is 11.8. The van der Waals surface area contributed by atoms with Gasteiger partial charge in [0.2, 0.25) is 0 Å². The SMILES string of the molecule is CCCCCCOC(=O)C(=Cc1ccc(OC(=O)c2ccc(OC(F)(F)C(F)F)cc2)cc1)c1cc(N)cc(N)c1. The van der Waals surface area contributed by atoms with Crippen molar-refractivity contribution in [1.82, 2.24) is 0 Å². The Morgan fingerprint density at radius 3 is 2.05 bits per heavy atom. The highest BCUT2D eigenvalue weighted by molar-refractivity contribution is 6.22. The number of rotatable bonds is 13. The molecule has 41 heavy (non-hydrogen) atoms. The number of benzene rings is 3. The molecule has 0 aromatic heterocycles. The highest BCUT2D eigenvalue weighted by atomic mass is 19.3. The van der Waals surface area contributed by atoms with Crippen molar-refractivity contribution in [3.8, 4) is 11.5 Å². The highest BCUT2D eigenvalue weighted by Gasteiger charge is 2.43. The Hall–Kier alpha value is -4.54. The summed E-state index contributed by atoms with van der Waals surface area (Å²) in [5, 5.41) is 0. The topological polar surface area (TPSA) is 114 Å². The maximum Gasteiger partial charge on any atom is 0.461 e. The van der Waals surface area contributed by atoms with Gasteiger partial charge in [-0.2, -0.15) is 17.6 Å². The summed E-state index contributed by atoms with van der Waals surface area (Å²) in [6, 6.07) is 15.1. The molecule has 0 atom stereocenters. The van der Waals surface area contributed by atoms with Gasteiger partial charge >= 0.3 is 24.5 Å². The third-order valence-electron chi connectivity index (χ3n) is 5.74. The Morgan fingerprint density at radius 2 is 1.46 bits per heavy atom. The first kappa shape index (κ1) is 31.0. The quantitative estimate of drug-likeness (QED) is 0.0431. The Bertz CT molecular complexity index is 1340. The summed E-state index contributed by atoms with van der Waals surface area (Å²) < 4.78 is 65.5. The summed E-state index contributed by atoms with van der Waals surface area (Å²) in [7, 11) is 0. The van der Waals surface area contributed by atoms with Gasteiger partial charge in [-0.05, 0) is 78.2 Å². The van der Waals surface area contributed by atoms with E-state index in [1.54, 1.807) is 36.4 Å². The predicted molar refractivity (Wildman–Crippen MR) is 148 cm³/mol.